The second kappa shape index (κ2) is 10.4. The summed E-state index contributed by atoms with van der Waals surface area (Å²) in [6, 6.07) is 22.1. The molecule has 0 spiro atoms. The van der Waals surface area contributed by atoms with Gasteiger partial charge >= 0.3 is 0 Å². The molecule has 0 N–H and O–H groups in total. The van der Waals surface area contributed by atoms with Crippen molar-refractivity contribution in [2.75, 3.05) is 6.61 Å². The molecule has 34 heavy (non-hydrogen) atoms. The third-order valence-electron chi connectivity index (χ3n) is 5.42. The number of hydrogen-bond acceptors (Lipinski definition) is 4. The number of ether oxygens (including phenoxy) is 1. The lowest BCUT2D eigenvalue weighted by molar-refractivity contribution is 0.340. The summed E-state index contributed by atoms with van der Waals surface area (Å²) in [6.45, 7) is 9.23. The van der Waals surface area contributed by atoms with Crippen molar-refractivity contribution in [1.82, 2.24) is 14.8 Å². The number of benzene rings is 3. The van der Waals surface area contributed by atoms with Crippen LogP contribution in [0.25, 0.3) is 17.1 Å². The third-order valence-corrected chi connectivity index (χ3v) is 6.99. The molecule has 0 saturated heterocycles. The second-order valence-electron chi connectivity index (χ2n) is 8.92. The Hall–Kier alpha value is -2.47. The van der Waals surface area contributed by atoms with Gasteiger partial charge in [0.15, 0.2) is 11.0 Å². The van der Waals surface area contributed by atoms with Gasteiger partial charge in [0.1, 0.15) is 5.75 Å². The number of rotatable bonds is 7. The average molecular weight is 513 g/mol. The van der Waals surface area contributed by atoms with E-state index in [1.807, 2.05) is 43.3 Å². The number of thioether (sulfide) groups is 1. The van der Waals surface area contributed by atoms with Crippen LogP contribution in [-0.2, 0) is 11.2 Å². The molecule has 4 aromatic rings. The highest BCUT2D eigenvalue weighted by Gasteiger charge is 2.19. The summed E-state index contributed by atoms with van der Waals surface area (Å²) in [4.78, 5) is 0. The van der Waals surface area contributed by atoms with Crippen LogP contribution in [0, 0.1) is 0 Å². The van der Waals surface area contributed by atoms with Gasteiger partial charge in [0.05, 0.1) is 6.61 Å². The van der Waals surface area contributed by atoms with Crippen molar-refractivity contribution in [2.24, 2.45) is 0 Å². The van der Waals surface area contributed by atoms with Gasteiger partial charge in [-0.2, -0.15) is 0 Å². The molecular weight excluding hydrogens is 485 g/mol. The van der Waals surface area contributed by atoms with Crippen LogP contribution in [0.5, 0.6) is 5.75 Å². The topological polar surface area (TPSA) is 39.9 Å². The molecule has 4 rings (SSSR count). The Morgan fingerprint density at radius 3 is 2.24 bits per heavy atom. The molecule has 0 bridgehead atoms. The van der Waals surface area contributed by atoms with Gasteiger partial charge in [-0.05, 0) is 59.9 Å². The van der Waals surface area contributed by atoms with Crippen molar-refractivity contribution in [3.8, 4) is 22.8 Å². The minimum absolute atomic E-state index is 0.0835. The molecule has 0 saturated carbocycles. The van der Waals surface area contributed by atoms with E-state index in [2.05, 4.69) is 59.8 Å². The molecule has 3 aromatic carbocycles. The molecule has 0 atom stereocenters. The summed E-state index contributed by atoms with van der Waals surface area (Å²) in [5, 5.41) is 11.2. The summed E-state index contributed by atoms with van der Waals surface area (Å²) < 4.78 is 7.70. The van der Waals surface area contributed by atoms with Gasteiger partial charge in [-0.15, -0.1) is 10.2 Å². The lowest BCUT2D eigenvalue weighted by atomic mass is 9.87. The lowest BCUT2D eigenvalue weighted by Crippen LogP contribution is -2.10. The number of nitrogens with zero attached hydrogens (tertiary/aromatic N) is 3. The van der Waals surface area contributed by atoms with E-state index in [0.29, 0.717) is 22.4 Å². The maximum absolute atomic E-state index is 6.40. The highest BCUT2D eigenvalue weighted by atomic mass is 35.5. The Morgan fingerprint density at radius 1 is 0.912 bits per heavy atom. The first-order valence-electron chi connectivity index (χ1n) is 11.1. The predicted octanol–water partition coefficient (Wildman–Crippen LogP) is 8.23. The standard InChI is InChI=1S/C27H27Cl2N3OS/c1-5-33-23-14-12-22(13-15-23)32-25(18-6-9-20(10-7-18)27(2,3)4)30-31-26(32)34-17-19-8-11-21(28)16-24(19)29/h6-16H,5,17H2,1-4H3. The van der Waals surface area contributed by atoms with Gasteiger partial charge in [0, 0.05) is 27.0 Å². The lowest BCUT2D eigenvalue weighted by Gasteiger charge is -2.19. The normalized spacial score (nSPS) is 11.6. The smallest absolute Gasteiger partial charge is 0.196 e. The minimum atomic E-state index is 0.0835. The molecule has 7 heteroatoms. The first kappa shape index (κ1) is 24.6. The van der Waals surface area contributed by atoms with Crippen LogP contribution in [0.1, 0.15) is 38.8 Å². The Morgan fingerprint density at radius 2 is 1.62 bits per heavy atom. The second-order valence-corrected chi connectivity index (χ2v) is 10.7. The first-order chi connectivity index (χ1) is 16.3. The van der Waals surface area contributed by atoms with Gasteiger partial charge < -0.3 is 4.74 Å². The van der Waals surface area contributed by atoms with E-state index in [9.17, 15) is 0 Å². The van der Waals surface area contributed by atoms with Crippen LogP contribution < -0.4 is 4.74 Å². The van der Waals surface area contributed by atoms with E-state index in [-0.39, 0.29) is 5.41 Å². The summed E-state index contributed by atoms with van der Waals surface area (Å²) >= 11 is 14.0. The van der Waals surface area contributed by atoms with Gasteiger partial charge in [0.25, 0.3) is 0 Å². The SMILES string of the molecule is CCOc1ccc(-n2c(SCc3ccc(Cl)cc3Cl)nnc2-c2ccc(C(C)(C)C)cc2)cc1. The monoisotopic (exact) mass is 511 g/mol. The van der Waals surface area contributed by atoms with Crippen molar-refractivity contribution >= 4 is 35.0 Å². The zero-order valence-electron chi connectivity index (χ0n) is 19.7. The summed E-state index contributed by atoms with van der Waals surface area (Å²) in [6.07, 6.45) is 0. The van der Waals surface area contributed by atoms with E-state index in [1.54, 1.807) is 17.8 Å². The van der Waals surface area contributed by atoms with E-state index in [0.717, 1.165) is 33.5 Å². The molecule has 0 fully saturated rings. The molecule has 0 aliphatic heterocycles. The van der Waals surface area contributed by atoms with Crippen molar-refractivity contribution in [3.63, 3.8) is 0 Å². The quantitative estimate of drug-likeness (QED) is 0.234. The van der Waals surface area contributed by atoms with Crippen LogP contribution in [0.15, 0.2) is 71.9 Å². The highest BCUT2D eigenvalue weighted by molar-refractivity contribution is 7.98. The van der Waals surface area contributed by atoms with Gasteiger partial charge in [0.2, 0.25) is 0 Å². The van der Waals surface area contributed by atoms with Gasteiger partial charge in [-0.25, -0.2) is 0 Å². The molecule has 0 radical (unpaired) electrons. The van der Waals surface area contributed by atoms with Crippen LogP contribution in [-0.4, -0.2) is 21.4 Å². The first-order valence-corrected chi connectivity index (χ1v) is 12.9. The molecule has 0 amide bonds. The van der Waals surface area contributed by atoms with Crippen molar-refractivity contribution in [2.45, 2.75) is 44.0 Å². The van der Waals surface area contributed by atoms with Crippen LogP contribution in [0.2, 0.25) is 10.0 Å². The zero-order valence-corrected chi connectivity index (χ0v) is 22.0. The van der Waals surface area contributed by atoms with Gasteiger partial charge in [-0.1, -0.05) is 86.1 Å². The molecule has 1 heterocycles. The molecule has 176 valence electrons. The molecule has 0 unspecified atom stereocenters. The van der Waals surface area contributed by atoms with Crippen LogP contribution >= 0.6 is 35.0 Å². The molecule has 0 aliphatic rings. The minimum Gasteiger partial charge on any atom is -0.494 e. The Labute approximate surface area is 215 Å². The summed E-state index contributed by atoms with van der Waals surface area (Å²) in [5.41, 5.74) is 4.32. The van der Waals surface area contributed by atoms with Crippen molar-refractivity contribution < 1.29 is 4.74 Å². The Kier molecular flexibility index (Phi) is 7.56. The fourth-order valence-corrected chi connectivity index (χ4v) is 5.05. The molecule has 1 aromatic heterocycles. The van der Waals surface area contributed by atoms with Crippen LogP contribution in [0.3, 0.4) is 0 Å². The van der Waals surface area contributed by atoms with E-state index in [1.165, 1.54) is 5.56 Å². The maximum atomic E-state index is 6.40. The van der Waals surface area contributed by atoms with Gasteiger partial charge in [-0.3, -0.25) is 4.57 Å². The summed E-state index contributed by atoms with van der Waals surface area (Å²) in [7, 11) is 0. The summed E-state index contributed by atoms with van der Waals surface area (Å²) in [5.74, 6) is 2.26. The van der Waals surface area contributed by atoms with E-state index >= 15 is 0 Å². The van der Waals surface area contributed by atoms with Crippen molar-refractivity contribution in [3.05, 3.63) is 87.9 Å². The third kappa shape index (κ3) is 5.60. The Bertz CT molecular complexity index is 1260. The molecule has 0 aliphatic carbocycles. The highest BCUT2D eigenvalue weighted by Crippen LogP contribution is 2.33. The number of hydrogen-bond donors (Lipinski definition) is 0. The van der Waals surface area contributed by atoms with E-state index in [4.69, 9.17) is 27.9 Å². The molecular formula is C27H27Cl2N3OS. The maximum Gasteiger partial charge on any atom is 0.196 e. The van der Waals surface area contributed by atoms with Crippen molar-refractivity contribution in [1.29, 1.82) is 0 Å². The largest absolute Gasteiger partial charge is 0.494 e. The fraction of sp³-hybridized carbons (Fsp3) is 0.259. The number of halogens is 2. The average Bonchev–Trinajstić information content (AvgIpc) is 3.23. The predicted molar refractivity (Wildman–Crippen MR) is 143 cm³/mol. The molecule has 4 nitrogen and oxygen atoms in total. The zero-order chi connectivity index (χ0) is 24.3. The van der Waals surface area contributed by atoms with Crippen LogP contribution in [0.4, 0.5) is 0 Å². The Balaban J connectivity index is 1.72. The fourth-order valence-electron chi connectivity index (χ4n) is 3.54. The van der Waals surface area contributed by atoms with E-state index < -0.39 is 0 Å². The number of aromatic nitrogens is 3.